The zero-order chi connectivity index (χ0) is 32.7. The van der Waals surface area contributed by atoms with Crippen LogP contribution in [-0.2, 0) is 49.8 Å². The molecule has 19 heteroatoms. The van der Waals surface area contributed by atoms with Crippen LogP contribution in [0.5, 0.6) is 0 Å². The molecule has 0 aliphatic heterocycles. The monoisotopic (exact) mass is 712 g/mol. The number of hydrogen-bond acceptors (Lipinski definition) is 6. The first-order valence-corrected chi connectivity index (χ1v) is 15.8. The van der Waals surface area contributed by atoms with Gasteiger partial charge in [-0.25, -0.2) is 0 Å². The molecule has 0 aromatic heterocycles. The first kappa shape index (κ1) is 35.9. The first-order valence-electron chi connectivity index (χ1n) is 10.8. The molecule has 0 N–H and O–H groups in total. The molecule has 1 unspecified atom stereocenters. The Morgan fingerprint density at radius 2 is 1.02 bits per heavy atom. The smallest absolute Gasteiger partial charge is 0.251 e. The van der Waals surface area contributed by atoms with Gasteiger partial charge in [0.2, 0.25) is 0 Å². The molecular formula is C23H17F9FeO6S3. The van der Waals surface area contributed by atoms with Crippen molar-refractivity contribution in [2.75, 3.05) is 0 Å². The second kappa shape index (κ2) is 11.6. The van der Waals surface area contributed by atoms with Crippen molar-refractivity contribution in [3.63, 3.8) is 0 Å². The summed E-state index contributed by atoms with van der Waals surface area (Å²) in [7, 11) is -24.1. The van der Waals surface area contributed by atoms with Gasteiger partial charge in [-0.2, -0.15) is 39.5 Å². The molecule has 6 nitrogen and oxygen atoms in total. The predicted molar refractivity (Wildman–Crippen MR) is 129 cm³/mol. The normalized spacial score (nSPS) is 18.5. The number of alkyl halides is 9. The Labute approximate surface area is 242 Å². The molecule has 0 saturated heterocycles. The second-order valence-electron chi connectivity index (χ2n) is 8.36. The largest absolute Gasteiger partial charge is 0.470 e. The van der Waals surface area contributed by atoms with Crippen LogP contribution in [0, 0.1) is 17.8 Å². The average Bonchev–Trinajstić information content (AvgIpc) is 3.19. The van der Waals surface area contributed by atoms with Crippen LogP contribution in [0.3, 0.4) is 0 Å². The van der Waals surface area contributed by atoms with E-state index in [0.717, 1.165) is 0 Å². The molecule has 42 heavy (non-hydrogen) atoms. The van der Waals surface area contributed by atoms with Gasteiger partial charge in [-0.05, 0) is 0 Å². The minimum absolute atomic E-state index is 0.280. The minimum Gasteiger partial charge on any atom is -0.251 e. The van der Waals surface area contributed by atoms with Crippen molar-refractivity contribution < 1.29 is 80.8 Å². The van der Waals surface area contributed by atoms with Crippen molar-refractivity contribution in [3.05, 3.63) is 92.9 Å². The van der Waals surface area contributed by atoms with Gasteiger partial charge >= 0.3 is 145 Å². The molecule has 1 atom stereocenters. The molecular weight excluding hydrogens is 695 g/mol. The van der Waals surface area contributed by atoms with Crippen molar-refractivity contribution in [1.29, 1.82) is 0 Å². The Kier molecular flexibility index (Phi) is 9.93. The van der Waals surface area contributed by atoms with Gasteiger partial charge in [0.05, 0.1) is 3.91 Å². The van der Waals surface area contributed by atoms with Crippen molar-refractivity contribution in [1.82, 2.24) is 0 Å². The van der Waals surface area contributed by atoms with Gasteiger partial charge in [-0.1, -0.05) is 0 Å². The third-order valence-corrected chi connectivity index (χ3v) is 13.4. The van der Waals surface area contributed by atoms with Crippen LogP contribution in [0.2, 0.25) is 0 Å². The van der Waals surface area contributed by atoms with Crippen LogP contribution in [-0.4, -0.2) is 41.8 Å². The molecule has 0 amide bonds. The Hall–Kier alpha value is -2.34. The van der Waals surface area contributed by atoms with E-state index in [9.17, 15) is 64.8 Å². The summed E-state index contributed by atoms with van der Waals surface area (Å²) in [6.45, 7) is 4.32. The number of halogens is 9. The van der Waals surface area contributed by atoms with Gasteiger partial charge in [0.25, 0.3) is 0 Å². The van der Waals surface area contributed by atoms with Gasteiger partial charge < -0.3 is 0 Å². The van der Waals surface area contributed by atoms with E-state index in [-0.39, 0.29) is 4.31 Å². The third kappa shape index (κ3) is 6.59. The Balaban J connectivity index is 0.000000294. The summed E-state index contributed by atoms with van der Waals surface area (Å²) in [5, 5.41) is 0. The summed E-state index contributed by atoms with van der Waals surface area (Å²) in [6.07, 6.45) is 6.53. The fraction of sp³-hybridized carbons (Fsp3) is 0.261. The van der Waals surface area contributed by atoms with Crippen LogP contribution >= 0.6 is 0 Å². The van der Waals surface area contributed by atoms with Gasteiger partial charge in [-0.3, -0.25) is 25.3 Å². The fourth-order valence-corrected chi connectivity index (χ4v) is 9.96. The maximum Gasteiger partial charge on any atom is 0.470 e. The summed E-state index contributed by atoms with van der Waals surface area (Å²) in [4.78, 5) is 0. The number of hydrogen-bond donors (Lipinski definition) is 0. The van der Waals surface area contributed by atoms with Crippen LogP contribution in [0.4, 0.5) is 39.5 Å². The second-order valence-corrected chi connectivity index (χ2v) is 15.6. The molecule has 0 heterocycles. The molecule has 0 fully saturated rings. The van der Waals surface area contributed by atoms with Crippen LogP contribution in [0.25, 0.3) is 5.57 Å². The molecule has 0 spiro atoms. The Morgan fingerprint density at radius 3 is 1.40 bits per heavy atom. The summed E-state index contributed by atoms with van der Waals surface area (Å²) >= 11 is 4.54. The van der Waals surface area contributed by atoms with E-state index in [1.807, 2.05) is 0 Å². The molecule has 234 valence electrons. The first-order chi connectivity index (χ1) is 18.7. The molecule has 0 bridgehead atoms. The van der Waals surface area contributed by atoms with E-state index in [1.165, 1.54) is 27.8 Å². The van der Waals surface area contributed by atoms with E-state index in [2.05, 4.69) is 96.6 Å². The van der Waals surface area contributed by atoms with Crippen LogP contribution < -0.4 is 0 Å². The third-order valence-electron chi connectivity index (χ3n) is 5.51. The van der Waals surface area contributed by atoms with E-state index >= 15 is 0 Å². The van der Waals surface area contributed by atoms with E-state index < -0.39 is 50.0 Å². The molecule has 0 radical (unpaired) electrons. The maximum absolute atomic E-state index is 12.0. The average molecular weight is 712 g/mol. The predicted octanol–water partition coefficient (Wildman–Crippen LogP) is 5.94. The Bertz CT molecular complexity index is 1620. The van der Waals surface area contributed by atoms with Gasteiger partial charge in [-0.15, -0.1) is 0 Å². The maximum atomic E-state index is 12.0. The number of aryl methyl sites for hydroxylation is 2. The molecule has 1 aliphatic rings. The van der Waals surface area contributed by atoms with Gasteiger partial charge in [0.1, 0.15) is 0 Å². The van der Waals surface area contributed by atoms with E-state index in [0.29, 0.717) is 0 Å². The number of sulfone groups is 3. The van der Waals surface area contributed by atoms with Crippen molar-refractivity contribution in [2.24, 2.45) is 0 Å². The van der Waals surface area contributed by atoms with Crippen molar-refractivity contribution in [3.8, 4) is 0 Å². The summed E-state index contributed by atoms with van der Waals surface area (Å²) in [6, 6.07) is 17.0. The quantitative estimate of drug-likeness (QED) is 0.216. The molecule has 3 rings (SSSR count). The number of rotatable bonds is 5. The Morgan fingerprint density at radius 1 is 0.643 bits per heavy atom. The topological polar surface area (TPSA) is 102 Å². The fourth-order valence-electron chi connectivity index (χ4n) is 3.57. The van der Waals surface area contributed by atoms with E-state index in [4.69, 9.17) is 0 Å². The van der Waals surface area contributed by atoms with Crippen molar-refractivity contribution in [2.45, 2.75) is 34.7 Å². The van der Waals surface area contributed by atoms with Crippen molar-refractivity contribution >= 4 is 35.1 Å². The number of benzene rings is 2. The van der Waals surface area contributed by atoms with Crippen LogP contribution in [0.1, 0.15) is 22.3 Å². The molecule has 2 aromatic rings. The molecule has 0 saturated carbocycles. The summed E-state index contributed by atoms with van der Waals surface area (Å²) in [5.41, 5.74) is -14.7. The van der Waals surface area contributed by atoms with Gasteiger partial charge in [0.15, 0.2) is 29.5 Å². The van der Waals surface area contributed by atoms with E-state index in [1.54, 1.807) is 0 Å². The SMILES string of the molecule is Cc1ccccc1C1=CC=C[C]1([Fe+])c1ccccc1C.O=S(=O)([C-](S(=O)(=O)C(F)(F)F)S(=O)(=O)C(F)(F)F)C(F)(F)F. The minimum atomic E-state index is -8.02. The molecule has 2 aromatic carbocycles. The molecule has 1 aliphatic carbocycles. The zero-order valence-electron chi connectivity index (χ0n) is 20.8. The standard InChI is InChI=1S/C19H17.C4F9O6S3.Fe/c1-14-8-3-5-10-16(14)18-12-7-13-19(18)17-11-6-4-9-15(17)2;5-2(6,7)20(14,15)1(21(16,17)3(8,9)10)22(18,19)4(11,12)13;/h3-13H,1-2H3;;/q;-1;+1. The number of allylic oxidation sites excluding steroid dienone is 4. The zero-order valence-corrected chi connectivity index (χ0v) is 24.3. The summed E-state index contributed by atoms with van der Waals surface area (Å²) in [5.74, 6) is 0. The van der Waals surface area contributed by atoms with Crippen LogP contribution in [0.15, 0.2) is 66.8 Å². The summed E-state index contributed by atoms with van der Waals surface area (Å²) < 4.78 is 167. The van der Waals surface area contributed by atoms with Gasteiger partial charge in [0, 0.05) is 0 Å².